The third-order valence-corrected chi connectivity index (χ3v) is 2.73. The van der Waals surface area contributed by atoms with Crippen LogP contribution < -0.4 is 11.1 Å². The Kier molecular flexibility index (Phi) is 6.00. The normalized spacial score (nSPS) is 14.2. The molecule has 0 saturated carbocycles. The summed E-state index contributed by atoms with van der Waals surface area (Å²) >= 11 is 0. The van der Waals surface area contributed by atoms with E-state index < -0.39 is 11.5 Å². The molecule has 0 aromatic carbocycles. The molecular weight excluding hydrogens is 228 g/mol. The summed E-state index contributed by atoms with van der Waals surface area (Å²) in [5.74, 6) is -0.118. The Morgan fingerprint density at radius 3 is 1.94 bits per heavy atom. The van der Waals surface area contributed by atoms with Gasteiger partial charge in [0.1, 0.15) is 6.04 Å². The quantitative estimate of drug-likeness (QED) is 0.788. The van der Waals surface area contributed by atoms with E-state index in [2.05, 4.69) is 26.1 Å². The van der Waals surface area contributed by atoms with Crippen LogP contribution in [0.5, 0.6) is 0 Å². The molecule has 0 aliphatic rings. The Labute approximate surface area is 111 Å². The lowest BCUT2D eigenvalue weighted by Crippen LogP contribution is -2.49. The second-order valence-electron chi connectivity index (χ2n) is 7.03. The fraction of sp³-hybridized carbons (Fsp3) is 0.857. The summed E-state index contributed by atoms with van der Waals surface area (Å²) in [6, 6.07) is -0.572. The molecule has 0 aromatic heterocycles. The molecule has 18 heavy (non-hydrogen) atoms. The molecule has 0 rings (SSSR count). The average molecular weight is 256 g/mol. The highest BCUT2D eigenvalue weighted by molar-refractivity contribution is 5.92. The van der Waals surface area contributed by atoms with Crippen LogP contribution in [0.2, 0.25) is 0 Å². The van der Waals surface area contributed by atoms with Gasteiger partial charge in [-0.25, -0.2) is 0 Å². The summed E-state index contributed by atoms with van der Waals surface area (Å²) in [5, 5.41) is 2.73. The molecule has 0 fully saturated rings. The maximum atomic E-state index is 12.0. The first-order valence-corrected chi connectivity index (χ1v) is 6.51. The number of rotatable bonds is 5. The van der Waals surface area contributed by atoms with Crippen molar-refractivity contribution < 1.29 is 9.59 Å². The van der Waals surface area contributed by atoms with E-state index in [-0.39, 0.29) is 23.7 Å². The van der Waals surface area contributed by atoms with Crippen LogP contribution in [0.15, 0.2) is 0 Å². The van der Waals surface area contributed by atoms with Gasteiger partial charge in [0.25, 0.3) is 0 Å². The van der Waals surface area contributed by atoms with Crippen LogP contribution in [-0.2, 0) is 9.59 Å². The van der Waals surface area contributed by atoms with Gasteiger partial charge in [0.05, 0.1) is 0 Å². The third kappa shape index (κ3) is 6.74. The van der Waals surface area contributed by atoms with E-state index in [0.717, 1.165) is 6.42 Å². The zero-order chi connectivity index (χ0) is 14.6. The maximum absolute atomic E-state index is 12.0. The standard InChI is InChI=1S/C14H28N2O2/c1-13(2,3)8-7-11(17)16-10(9-15)12(18)14(4,5)6/h10H,7-9,15H2,1-6H3,(H,16,17)/t10-/m0/s1. The highest BCUT2D eigenvalue weighted by Crippen LogP contribution is 2.20. The molecule has 1 amide bonds. The Balaban J connectivity index is 4.39. The Hall–Kier alpha value is -0.900. The van der Waals surface area contributed by atoms with Gasteiger partial charge >= 0.3 is 0 Å². The molecule has 4 heteroatoms. The minimum atomic E-state index is -0.572. The van der Waals surface area contributed by atoms with E-state index in [1.807, 2.05) is 20.8 Å². The lowest BCUT2D eigenvalue weighted by atomic mass is 9.86. The van der Waals surface area contributed by atoms with Crippen molar-refractivity contribution in [2.75, 3.05) is 6.54 Å². The van der Waals surface area contributed by atoms with Crippen LogP contribution in [0.25, 0.3) is 0 Å². The Morgan fingerprint density at radius 2 is 1.61 bits per heavy atom. The van der Waals surface area contributed by atoms with E-state index in [1.54, 1.807) is 0 Å². The van der Waals surface area contributed by atoms with Crippen LogP contribution >= 0.6 is 0 Å². The molecular formula is C14H28N2O2. The molecule has 0 aliphatic heterocycles. The van der Waals surface area contributed by atoms with Gasteiger partial charge in [0.2, 0.25) is 5.91 Å². The van der Waals surface area contributed by atoms with Gasteiger partial charge in [-0.05, 0) is 11.8 Å². The van der Waals surface area contributed by atoms with Crippen molar-refractivity contribution in [3.05, 3.63) is 0 Å². The van der Waals surface area contributed by atoms with Crippen molar-refractivity contribution in [2.45, 2.75) is 60.4 Å². The summed E-state index contributed by atoms with van der Waals surface area (Å²) < 4.78 is 0. The molecule has 0 bridgehead atoms. The summed E-state index contributed by atoms with van der Waals surface area (Å²) in [7, 11) is 0. The Morgan fingerprint density at radius 1 is 1.11 bits per heavy atom. The molecule has 0 aliphatic carbocycles. The van der Waals surface area contributed by atoms with E-state index in [1.165, 1.54) is 0 Å². The van der Waals surface area contributed by atoms with Crippen LogP contribution in [-0.4, -0.2) is 24.3 Å². The van der Waals surface area contributed by atoms with Crippen LogP contribution in [0.1, 0.15) is 54.4 Å². The summed E-state index contributed by atoms with van der Waals surface area (Å²) in [6.07, 6.45) is 1.22. The predicted molar refractivity (Wildman–Crippen MR) is 74.1 cm³/mol. The van der Waals surface area contributed by atoms with Crippen molar-refractivity contribution in [3.63, 3.8) is 0 Å². The third-order valence-electron chi connectivity index (χ3n) is 2.73. The smallest absolute Gasteiger partial charge is 0.220 e. The number of carbonyl (C=O) groups excluding carboxylic acids is 2. The molecule has 4 nitrogen and oxygen atoms in total. The van der Waals surface area contributed by atoms with Crippen molar-refractivity contribution in [1.29, 1.82) is 0 Å². The number of hydrogen-bond acceptors (Lipinski definition) is 3. The average Bonchev–Trinajstić information content (AvgIpc) is 2.19. The lowest BCUT2D eigenvalue weighted by molar-refractivity contribution is -0.132. The van der Waals surface area contributed by atoms with Crippen LogP contribution in [0, 0.1) is 10.8 Å². The van der Waals surface area contributed by atoms with Crippen molar-refractivity contribution in [3.8, 4) is 0 Å². The second kappa shape index (κ2) is 6.32. The van der Waals surface area contributed by atoms with Crippen molar-refractivity contribution in [2.24, 2.45) is 16.6 Å². The number of nitrogens with two attached hydrogens (primary N) is 1. The number of nitrogens with one attached hydrogen (secondary N) is 1. The molecule has 0 radical (unpaired) electrons. The molecule has 106 valence electrons. The van der Waals surface area contributed by atoms with Gasteiger partial charge in [0, 0.05) is 18.4 Å². The highest BCUT2D eigenvalue weighted by Gasteiger charge is 2.29. The van der Waals surface area contributed by atoms with Gasteiger partial charge in [-0.2, -0.15) is 0 Å². The lowest BCUT2D eigenvalue weighted by Gasteiger charge is -2.25. The van der Waals surface area contributed by atoms with E-state index >= 15 is 0 Å². The van der Waals surface area contributed by atoms with Gasteiger partial charge in [-0.3, -0.25) is 9.59 Å². The predicted octanol–water partition coefficient (Wildman–Crippen LogP) is 1.87. The summed E-state index contributed by atoms with van der Waals surface area (Å²) in [5.41, 5.74) is 5.19. The molecule has 0 unspecified atom stereocenters. The maximum Gasteiger partial charge on any atom is 0.220 e. The largest absolute Gasteiger partial charge is 0.345 e. The van der Waals surface area contributed by atoms with Gasteiger partial charge < -0.3 is 11.1 Å². The first kappa shape index (κ1) is 17.1. The number of amides is 1. The summed E-state index contributed by atoms with van der Waals surface area (Å²) in [6.45, 7) is 11.9. The molecule has 3 N–H and O–H groups in total. The highest BCUT2D eigenvalue weighted by atomic mass is 16.2. The zero-order valence-electron chi connectivity index (χ0n) is 12.6. The second-order valence-corrected chi connectivity index (χ2v) is 7.03. The Bertz CT molecular complexity index is 298. The molecule has 1 atom stereocenters. The number of ketones is 1. The molecule has 0 heterocycles. The number of hydrogen-bond donors (Lipinski definition) is 2. The number of Topliss-reactive ketones (excluding diaryl/α,β-unsaturated/α-hetero) is 1. The minimum Gasteiger partial charge on any atom is -0.345 e. The van der Waals surface area contributed by atoms with Gasteiger partial charge in [-0.1, -0.05) is 41.5 Å². The molecule has 0 aromatic rings. The van der Waals surface area contributed by atoms with Crippen molar-refractivity contribution >= 4 is 11.7 Å². The summed E-state index contributed by atoms with van der Waals surface area (Å²) in [4.78, 5) is 23.8. The fourth-order valence-corrected chi connectivity index (χ4v) is 1.51. The first-order valence-electron chi connectivity index (χ1n) is 6.51. The van der Waals surface area contributed by atoms with E-state index in [9.17, 15) is 9.59 Å². The van der Waals surface area contributed by atoms with Gasteiger partial charge in [-0.15, -0.1) is 0 Å². The molecule has 0 saturated heterocycles. The van der Waals surface area contributed by atoms with Crippen molar-refractivity contribution in [1.82, 2.24) is 5.32 Å². The zero-order valence-corrected chi connectivity index (χ0v) is 12.6. The van der Waals surface area contributed by atoms with E-state index in [0.29, 0.717) is 6.42 Å². The fourth-order valence-electron chi connectivity index (χ4n) is 1.51. The van der Waals surface area contributed by atoms with E-state index in [4.69, 9.17) is 5.73 Å². The SMILES string of the molecule is CC(C)(C)CCC(=O)N[C@@H](CN)C(=O)C(C)(C)C. The van der Waals surface area contributed by atoms with Gasteiger partial charge in [0.15, 0.2) is 5.78 Å². The molecule has 0 spiro atoms. The first-order chi connectivity index (χ1) is 7.97. The minimum absolute atomic E-state index is 0.0193. The monoisotopic (exact) mass is 256 g/mol. The van der Waals surface area contributed by atoms with Crippen LogP contribution in [0.4, 0.5) is 0 Å². The number of carbonyl (C=O) groups is 2. The van der Waals surface area contributed by atoms with Crippen LogP contribution in [0.3, 0.4) is 0 Å². The topological polar surface area (TPSA) is 72.2 Å².